The summed E-state index contributed by atoms with van der Waals surface area (Å²) < 4.78 is 6.34. The van der Waals surface area contributed by atoms with Crippen LogP contribution in [0.4, 0.5) is 5.69 Å². The third-order valence-corrected chi connectivity index (χ3v) is 4.87. The third-order valence-electron chi connectivity index (χ3n) is 4.20. The summed E-state index contributed by atoms with van der Waals surface area (Å²) in [5, 5.41) is 0. The van der Waals surface area contributed by atoms with Crippen molar-refractivity contribution < 1.29 is 9.53 Å². The summed E-state index contributed by atoms with van der Waals surface area (Å²) in [5.41, 5.74) is 2.75. The quantitative estimate of drug-likeness (QED) is 0.717. The van der Waals surface area contributed by atoms with Crippen LogP contribution in [0.25, 0.3) is 0 Å². The van der Waals surface area contributed by atoms with Crippen molar-refractivity contribution in [3.63, 3.8) is 0 Å². The van der Waals surface area contributed by atoms with Crippen molar-refractivity contribution in [2.75, 3.05) is 12.0 Å². The van der Waals surface area contributed by atoms with Crippen molar-refractivity contribution in [2.24, 2.45) is 0 Å². The van der Waals surface area contributed by atoms with Crippen LogP contribution in [0.1, 0.15) is 25.0 Å². The van der Waals surface area contributed by atoms with Crippen molar-refractivity contribution in [3.8, 4) is 5.75 Å². The lowest BCUT2D eigenvalue weighted by Crippen LogP contribution is -2.35. The molecular weight excluding hydrogens is 389 g/mol. The second-order valence-corrected chi connectivity index (χ2v) is 7.27. The van der Waals surface area contributed by atoms with Gasteiger partial charge in [-0.05, 0) is 77.9 Å². The van der Waals surface area contributed by atoms with Crippen LogP contribution in [0.5, 0.6) is 5.75 Å². The van der Waals surface area contributed by atoms with E-state index in [0.717, 1.165) is 26.1 Å². The molecule has 1 aliphatic rings. The monoisotopic (exact) mass is 407 g/mol. The molecule has 0 aliphatic carbocycles. The zero-order valence-electron chi connectivity index (χ0n) is 12.9. The Morgan fingerprint density at radius 3 is 2.45 bits per heavy atom. The van der Waals surface area contributed by atoms with E-state index in [1.807, 2.05) is 49.1 Å². The predicted octanol–water partition coefficient (Wildman–Crippen LogP) is 4.12. The van der Waals surface area contributed by atoms with Gasteiger partial charge in [-0.15, -0.1) is 0 Å². The Kier molecular flexibility index (Phi) is 3.89. The van der Waals surface area contributed by atoms with Gasteiger partial charge < -0.3 is 9.64 Å². The van der Waals surface area contributed by atoms with Gasteiger partial charge in [0.2, 0.25) is 5.91 Å². The number of methoxy groups -OCH3 is 1. The molecule has 0 N–H and O–H groups in total. The van der Waals surface area contributed by atoms with Gasteiger partial charge in [-0.1, -0.05) is 12.1 Å². The predicted molar refractivity (Wildman–Crippen MR) is 96.4 cm³/mol. The molecule has 114 valence electrons. The average Bonchev–Trinajstić information content (AvgIpc) is 2.69. The summed E-state index contributed by atoms with van der Waals surface area (Å²) in [5.74, 6) is 0.979. The fourth-order valence-corrected chi connectivity index (χ4v) is 3.37. The lowest BCUT2D eigenvalue weighted by atomic mass is 9.86. The fraction of sp³-hybridized carbons (Fsp3) is 0.278. The summed E-state index contributed by atoms with van der Waals surface area (Å²) in [7, 11) is 1.65. The Labute approximate surface area is 144 Å². The van der Waals surface area contributed by atoms with Crippen LogP contribution < -0.4 is 9.64 Å². The zero-order valence-corrected chi connectivity index (χ0v) is 15.0. The molecule has 3 rings (SSSR count). The maximum atomic E-state index is 12.8. The van der Waals surface area contributed by atoms with Gasteiger partial charge in [0.05, 0.1) is 19.1 Å². The van der Waals surface area contributed by atoms with Gasteiger partial charge in [0.15, 0.2) is 0 Å². The molecule has 2 aromatic rings. The first-order valence-corrected chi connectivity index (χ1v) is 8.26. The van der Waals surface area contributed by atoms with Crippen LogP contribution in [0.15, 0.2) is 42.5 Å². The molecule has 1 aliphatic heterocycles. The Balaban J connectivity index is 1.96. The van der Waals surface area contributed by atoms with E-state index in [9.17, 15) is 4.79 Å². The Bertz CT molecular complexity index is 722. The maximum Gasteiger partial charge on any atom is 0.237 e. The minimum atomic E-state index is -0.469. The molecule has 0 fully saturated rings. The molecule has 0 saturated heterocycles. The van der Waals surface area contributed by atoms with Crippen LogP contribution in [-0.4, -0.2) is 13.0 Å². The van der Waals surface area contributed by atoms with E-state index < -0.39 is 5.41 Å². The number of hydrogen-bond acceptors (Lipinski definition) is 2. The van der Waals surface area contributed by atoms with Gasteiger partial charge >= 0.3 is 0 Å². The molecule has 0 bridgehead atoms. The van der Waals surface area contributed by atoms with Gasteiger partial charge in [-0.25, -0.2) is 0 Å². The number of anilines is 1. The highest BCUT2D eigenvalue weighted by Gasteiger charge is 2.43. The van der Waals surface area contributed by atoms with Gasteiger partial charge in [0, 0.05) is 9.26 Å². The number of nitrogens with zero attached hydrogens (tertiary/aromatic N) is 1. The van der Waals surface area contributed by atoms with Crippen LogP contribution in [0.3, 0.4) is 0 Å². The van der Waals surface area contributed by atoms with Crippen molar-refractivity contribution in [1.29, 1.82) is 0 Å². The van der Waals surface area contributed by atoms with Crippen molar-refractivity contribution in [1.82, 2.24) is 0 Å². The van der Waals surface area contributed by atoms with E-state index in [2.05, 4.69) is 34.7 Å². The van der Waals surface area contributed by atoms with E-state index >= 15 is 0 Å². The molecular formula is C18H18INO2. The number of halogens is 1. The average molecular weight is 407 g/mol. The standard InChI is InChI=1S/C18H18INO2/c1-18(2)15-10-13(19)6-9-16(15)20(17(18)21)11-12-4-7-14(22-3)8-5-12/h4-10H,11H2,1-3H3. The SMILES string of the molecule is COc1ccc(CN2C(=O)C(C)(C)c3cc(I)ccc32)cc1. The second-order valence-electron chi connectivity index (χ2n) is 6.03. The largest absolute Gasteiger partial charge is 0.497 e. The molecule has 2 aromatic carbocycles. The van der Waals surface area contributed by atoms with Crippen molar-refractivity contribution in [2.45, 2.75) is 25.8 Å². The smallest absolute Gasteiger partial charge is 0.237 e. The number of amides is 1. The summed E-state index contributed by atoms with van der Waals surface area (Å²) in [4.78, 5) is 14.7. The molecule has 0 atom stereocenters. The van der Waals surface area contributed by atoms with Gasteiger partial charge in [0.25, 0.3) is 0 Å². The summed E-state index contributed by atoms with van der Waals surface area (Å²) >= 11 is 2.29. The Morgan fingerprint density at radius 1 is 1.14 bits per heavy atom. The zero-order chi connectivity index (χ0) is 15.9. The molecule has 3 nitrogen and oxygen atoms in total. The minimum absolute atomic E-state index is 0.153. The summed E-state index contributed by atoms with van der Waals surface area (Å²) in [6, 6.07) is 14.1. The molecule has 0 aromatic heterocycles. The van der Waals surface area contributed by atoms with E-state index in [1.165, 1.54) is 0 Å². The molecule has 0 spiro atoms. The number of benzene rings is 2. The van der Waals surface area contributed by atoms with Crippen LogP contribution >= 0.6 is 22.6 Å². The fourth-order valence-electron chi connectivity index (χ4n) is 2.88. The Hall–Kier alpha value is -1.56. The van der Waals surface area contributed by atoms with Gasteiger partial charge in [-0.2, -0.15) is 0 Å². The van der Waals surface area contributed by atoms with Crippen molar-refractivity contribution in [3.05, 3.63) is 57.2 Å². The Morgan fingerprint density at radius 2 is 1.82 bits per heavy atom. The maximum absolute atomic E-state index is 12.8. The first kappa shape index (κ1) is 15.3. The van der Waals surface area contributed by atoms with E-state index in [1.54, 1.807) is 7.11 Å². The highest BCUT2D eigenvalue weighted by atomic mass is 127. The highest BCUT2D eigenvalue weighted by Crippen LogP contribution is 2.42. The van der Waals surface area contributed by atoms with Crippen molar-refractivity contribution >= 4 is 34.2 Å². The number of carbonyl (C=O) groups is 1. The van der Waals surface area contributed by atoms with E-state index in [-0.39, 0.29) is 5.91 Å². The number of fused-ring (bicyclic) bond motifs is 1. The first-order chi connectivity index (χ1) is 10.4. The van der Waals surface area contributed by atoms with Crippen LogP contribution in [-0.2, 0) is 16.8 Å². The number of hydrogen-bond donors (Lipinski definition) is 0. The lowest BCUT2D eigenvalue weighted by molar-refractivity contribution is -0.122. The van der Waals surface area contributed by atoms with Crippen LogP contribution in [0.2, 0.25) is 0 Å². The molecule has 0 unspecified atom stereocenters. The molecule has 1 amide bonds. The van der Waals surface area contributed by atoms with Crippen LogP contribution in [0, 0.1) is 3.57 Å². The minimum Gasteiger partial charge on any atom is -0.497 e. The molecule has 0 radical (unpaired) electrons. The topological polar surface area (TPSA) is 29.5 Å². The summed E-state index contributed by atoms with van der Waals surface area (Å²) in [6.45, 7) is 4.58. The highest BCUT2D eigenvalue weighted by molar-refractivity contribution is 14.1. The van der Waals surface area contributed by atoms with E-state index in [0.29, 0.717) is 6.54 Å². The molecule has 0 saturated carbocycles. The van der Waals surface area contributed by atoms with E-state index in [4.69, 9.17) is 4.74 Å². The number of rotatable bonds is 3. The van der Waals surface area contributed by atoms with Gasteiger partial charge in [0.1, 0.15) is 5.75 Å². The normalized spacial score (nSPS) is 15.8. The molecule has 4 heteroatoms. The number of carbonyl (C=O) groups excluding carboxylic acids is 1. The molecule has 1 heterocycles. The third kappa shape index (κ3) is 2.49. The van der Waals surface area contributed by atoms with Gasteiger partial charge in [-0.3, -0.25) is 4.79 Å². The second kappa shape index (κ2) is 5.57. The lowest BCUT2D eigenvalue weighted by Gasteiger charge is -2.20. The summed E-state index contributed by atoms with van der Waals surface area (Å²) in [6.07, 6.45) is 0. The number of ether oxygens (including phenoxy) is 1. The molecule has 22 heavy (non-hydrogen) atoms. The first-order valence-electron chi connectivity index (χ1n) is 7.18.